The minimum absolute atomic E-state index is 0.00864. The molecule has 0 radical (unpaired) electrons. The fourth-order valence-electron chi connectivity index (χ4n) is 8.55. The highest BCUT2D eigenvalue weighted by molar-refractivity contribution is 6.76. The first-order valence-electron chi connectivity index (χ1n) is 24.5. The van der Waals surface area contributed by atoms with E-state index in [4.69, 9.17) is 18.9 Å². The third-order valence-corrected chi connectivity index (χ3v) is 14.2. The van der Waals surface area contributed by atoms with Crippen LogP contribution in [0.1, 0.15) is 85.6 Å². The summed E-state index contributed by atoms with van der Waals surface area (Å²) in [7, 11) is 2.70. The molecule has 392 valence electrons. The molecule has 0 bridgehead atoms. The zero-order valence-corrected chi connectivity index (χ0v) is 44.5. The van der Waals surface area contributed by atoms with E-state index in [2.05, 4.69) is 36.9 Å². The zero-order valence-electron chi connectivity index (χ0n) is 43.5. The summed E-state index contributed by atoms with van der Waals surface area (Å²) in [4.78, 5) is 117. The second kappa shape index (κ2) is 27.2. The number of hydrogen-bond donors (Lipinski definition) is 3. The van der Waals surface area contributed by atoms with Crippen LogP contribution in [0.5, 0.6) is 5.75 Å². The summed E-state index contributed by atoms with van der Waals surface area (Å²) in [5.74, 6) is -4.20. The molecule has 1 aromatic carbocycles. The van der Waals surface area contributed by atoms with Crippen molar-refractivity contribution in [1.82, 2.24) is 30.2 Å². The van der Waals surface area contributed by atoms with E-state index in [-0.39, 0.29) is 63.8 Å². The number of rotatable bonds is 25. The molecule has 3 N–H and O–H groups in total. The van der Waals surface area contributed by atoms with Crippen molar-refractivity contribution in [3.8, 4) is 5.75 Å². The first-order chi connectivity index (χ1) is 32.8. The van der Waals surface area contributed by atoms with Gasteiger partial charge in [-0.15, -0.1) is 0 Å². The molecule has 0 aliphatic carbocycles. The number of aliphatic hydroxyl groups is 1. The zero-order chi connectivity index (χ0) is 52.6. The van der Waals surface area contributed by atoms with E-state index in [1.165, 1.54) is 60.7 Å². The smallest absolute Gasteiger partial charge is 0.408 e. The van der Waals surface area contributed by atoms with Crippen molar-refractivity contribution in [2.24, 2.45) is 11.8 Å². The maximum atomic E-state index is 14.7. The number of alkyl carbamates (subject to hydrolysis) is 1. The topological polar surface area (TPSA) is 231 Å². The molecule has 2 aliphatic heterocycles. The Morgan fingerprint density at radius 1 is 0.786 bits per heavy atom. The number of esters is 2. The summed E-state index contributed by atoms with van der Waals surface area (Å²) < 4.78 is 22.2. The largest absolute Gasteiger partial charge is 0.497 e. The van der Waals surface area contributed by atoms with Gasteiger partial charge in [-0.1, -0.05) is 72.1 Å². The van der Waals surface area contributed by atoms with Gasteiger partial charge in [-0.05, 0) is 87.9 Å². The Hall–Kier alpha value is -5.50. The number of benzene rings is 1. The number of nitrogens with zero attached hydrogens (tertiary/aromatic N) is 4. The summed E-state index contributed by atoms with van der Waals surface area (Å²) >= 11 is 0. The van der Waals surface area contributed by atoms with Crippen LogP contribution in [0.15, 0.2) is 36.9 Å². The summed E-state index contributed by atoms with van der Waals surface area (Å²) in [6.45, 7) is 20.6. The number of likely N-dealkylation sites (tertiary alicyclic amines) is 2. The van der Waals surface area contributed by atoms with Crippen molar-refractivity contribution >= 4 is 55.6 Å². The van der Waals surface area contributed by atoms with E-state index < -0.39 is 104 Å². The lowest BCUT2D eigenvalue weighted by molar-refractivity contribution is -0.165. The van der Waals surface area contributed by atoms with Crippen LogP contribution in [-0.2, 0) is 54.2 Å². The average molecular weight is 1000 g/mol. The standard InChI is InChI=1S/C50H80N6O13Si/c1-14-25-68-50(65)51-37(28-31(2)3)45(60)56-24-16-18-39(56)47(62)54(9)41(30-35-19-21-36(66-10)22-20-35)48(63)69-34(7)42(49(64)67-26-27-70(11,12)13)52-43(58)40(29-32(4)5)53(8)46(61)38-17-15-23-55(38)44(59)33(6)57/h14,19-22,31-34,37-42,57H,1,15-18,23-30H2,2-13H3,(H,51,65)(H,52,58)/t33-,34+,37-,38-,39?,40-,41-,42-/m0/s1. The van der Waals surface area contributed by atoms with Gasteiger partial charge in [-0.2, -0.15) is 0 Å². The molecular weight excluding hydrogens is 921 g/mol. The van der Waals surface area contributed by atoms with Crippen LogP contribution in [0, 0.1) is 11.8 Å². The number of aliphatic hydroxyl groups excluding tert-OH is 1. The van der Waals surface area contributed by atoms with Gasteiger partial charge in [-0.3, -0.25) is 24.0 Å². The van der Waals surface area contributed by atoms with E-state index in [9.17, 15) is 43.5 Å². The molecule has 19 nitrogen and oxygen atoms in total. The molecule has 2 saturated heterocycles. The number of likely N-dealkylation sites (N-methyl/N-ethyl adjacent to an activating group) is 2. The number of amides is 6. The summed E-state index contributed by atoms with van der Waals surface area (Å²) in [6, 6.07) is 0.578. The third-order valence-electron chi connectivity index (χ3n) is 12.5. The van der Waals surface area contributed by atoms with Crippen molar-refractivity contribution in [3.63, 3.8) is 0 Å². The Labute approximate surface area is 415 Å². The van der Waals surface area contributed by atoms with Crippen molar-refractivity contribution in [2.45, 2.75) is 161 Å². The van der Waals surface area contributed by atoms with Gasteiger partial charge in [0.05, 0.1) is 13.7 Å². The predicted molar refractivity (Wildman–Crippen MR) is 265 cm³/mol. The molecule has 2 heterocycles. The lowest BCUT2D eigenvalue weighted by Crippen LogP contribution is -2.59. The summed E-state index contributed by atoms with van der Waals surface area (Å²) in [5.41, 5.74) is 0.629. The summed E-state index contributed by atoms with van der Waals surface area (Å²) in [5, 5.41) is 15.4. The maximum Gasteiger partial charge on any atom is 0.408 e. The minimum Gasteiger partial charge on any atom is -0.497 e. The lowest BCUT2D eigenvalue weighted by Gasteiger charge is -2.35. The fraction of sp³-hybridized carbons (Fsp3) is 0.680. The molecule has 2 aliphatic rings. The van der Waals surface area contributed by atoms with Gasteiger partial charge in [0, 0.05) is 41.7 Å². The Balaban J connectivity index is 2.00. The molecule has 0 saturated carbocycles. The molecule has 0 aromatic heterocycles. The fourth-order valence-corrected chi connectivity index (χ4v) is 9.26. The van der Waals surface area contributed by atoms with E-state index in [0.717, 1.165) is 0 Å². The van der Waals surface area contributed by atoms with E-state index >= 15 is 0 Å². The highest BCUT2D eigenvalue weighted by atomic mass is 28.3. The van der Waals surface area contributed by atoms with Crippen LogP contribution in [0.4, 0.5) is 4.79 Å². The average Bonchev–Trinajstić information content (AvgIpc) is 4.00. The highest BCUT2D eigenvalue weighted by Crippen LogP contribution is 2.26. The lowest BCUT2D eigenvalue weighted by atomic mass is 10.00. The quantitative estimate of drug-likeness (QED) is 0.0547. The molecule has 70 heavy (non-hydrogen) atoms. The summed E-state index contributed by atoms with van der Waals surface area (Å²) in [6.07, 6.45) is -0.0830. The van der Waals surface area contributed by atoms with Crippen LogP contribution in [-0.4, -0.2) is 176 Å². The minimum atomic E-state index is -1.71. The Morgan fingerprint density at radius 3 is 1.83 bits per heavy atom. The van der Waals surface area contributed by atoms with Gasteiger partial charge in [0.2, 0.25) is 23.6 Å². The second-order valence-corrected chi connectivity index (χ2v) is 26.1. The normalized spacial score (nSPS) is 18.4. The van der Waals surface area contributed by atoms with E-state index in [0.29, 0.717) is 36.6 Å². The molecular formula is C50H80N6O13Si. The third kappa shape index (κ3) is 17.1. The monoisotopic (exact) mass is 1000 g/mol. The Morgan fingerprint density at radius 2 is 1.33 bits per heavy atom. The van der Waals surface area contributed by atoms with Crippen molar-refractivity contribution in [1.29, 1.82) is 0 Å². The van der Waals surface area contributed by atoms with Crippen molar-refractivity contribution < 1.29 is 62.4 Å². The molecule has 1 aromatic rings. The Bertz CT molecular complexity index is 1980. The van der Waals surface area contributed by atoms with Crippen LogP contribution in [0.2, 0.25) is 25.7 Å². The van der Waals surface area contributed by atoms with Gasteiger partial charge in [-0.25, -0.2) is 14.4 Å². The van der Waals surface area contributed by atoms with Crippen LogP contribution < -0.4 is 15.4 Å². The van der Waals surface area contributed by atoms with Gasteiger partial charge in [0.25, 0.3) is 5.91 Å². The molecule has 20 heteroatoms. The van der Waals surface area contributed by atoms with Crippen LogP contribution >= 0.6 is 0 Å². The Kier molecular flexibility index (Phi) is 22.8. The van der Waals surface area contributed by atoms with E-state index in [1.807, 2.05) is 27.7 Å². The first kappa shape index (κ1) is 58.8. The van der Waals surface area contributed by atoms with Crippen LogP contribution in [0.3, 0.4) is 0 Å². The number of carbonyl (C=O) groups excluding carboxylic acids is 8. The number of nitrogens with one attached hydrogen (secondary N) is 2. The number of ether oxygens (including phenoxy) is 4. The first-order valence-corrected chi connectivity index (χ1v) is 28.2. The van der Waals surface area contributed by atoms with Gasteiger partial charge < -0.3 is 54.3 Å². The van der Waals surface area contributed by atoms with Gasteiger partial charge in [0.1, 0.15) is 54.8 Å². The number of methoxy groups -OCH3 is 1. The van der Waals surface area contributed by atoms with Crippen molar-refractivity contribution in [3.05, 3.63) is 42.5 Å². The van der Waals surface area contributed by atoms with Crippen LogP contribution in [0.25, 0.3) is 0 Å². The number of carbonyl (C=O) groups is 8. The van der Waals surface area contributed by atoms with E-state index in [1.54, 1.807) is 24.3 Å². The van der Waals surface area contributed by atoms with Crippen molar-refractivity contribution in [2.75, 3.05) is 47.5 Å². The maximum absolute atomic E-state index is 14.7. The molecule has 1 unspecified atom stereocenters. The highest BCUT2D eigenvalue weighted by Gasteiger charge is 2.44. The number of hydrogen-bond acceptors (Lipinski definition) is 13. The predicted octanol–water partition coefficient (Wildman–Crippen LogP) is 3.93. The van der Waals surface area contributed by atoms with Gasteiger partial charge in [0.15, 0.2) is 6.04 Å². The second-order valence-electron chi connectivity index (χ2n) is 20.5. The molecule has 3 rings (SSSR count). The molecule has 8 atom stereocenters. The molecule has 2 fully saturated rings. The molecule has 0 spiro atoms. The molecule has 6 amide bonds. The SMILES string of the molecule is C=CCOC(=O)N[C@@H](CC(C)C)C(=O)N1CCCC1C(=O)N(C)[C@@H](Cc1ccc(OC)cc1)C(=O)O[C@H](C)[C@H](NC(=O)[C@H](CC(C)C)N(C)C(=O)[C@@H]1CCCN1C(=O)[C@H](C)O)C(=O)OCC[Si](C)(C)C. The van der Waals surface area contributed by atoms with Gasteiger partial charge >= 0.3 is 18.0 Å².